The van der Waals surface area contributed by atoms with Crippen molar-refractivity contribution in [2.75, 3.05) is 0 Å². The van der Waals surface area contributed by atoms with Crippen LogP contribution in [0.3, 0.4) is 0 Å². The van der Waals surface area contributed by atoms with Gasteiger partial charge in [0.25, 0.3) is 0 Å². The predicted molar refractivity (Wildman–Crippen MR) is 301 cm³/mol. The van der Waals surface area contributed by atoms with E-state index in [0.717, 1.165) is 0 Å². The van der Waals surface area contributed by atoms with Crippen molar-refractivity contribution in [3.05, 3.63) is 127 Å². The molecule has 0 amide bonds. The molecule has 0 aliphatic carbocycles. The van der Waals surface area contributed by atoms with Crippen LogP contribution in [0, 0.1) is 0 Å². The molecular formula is C48H43B11N2. The van der Waals surface area contributed by atoms with Crippen LogP contribution in [0.4, 0.5) is 0 Å². The number of nitrogens with zero attached hydrogens (tertiary/aromatic N) is 2. The molecule has 0 N–H and O–H groups in total. The monoisotopic (exact) mass is 768 g/mol. The van der Waals surface area contributed by atoms with Crippen LogP contribution in [0.5, 0.6) is 0 Å². The van der Waals surface area contributed by atoms with Gasteiger partial charge in [-0.05, 0) is 34.4 Å². The first-order chi connectivity index (χ1) is 29.4. The van der Waals surface area contributed by atoms with Gasteiger partial charge in [-0.25, -0.2) is 0 Å². The molecule has 2 nitrogen and oxygen atoms in total. The van der Waals surface area contributed by atoms with Crippen LogP contribution >= 0.6 is 0 Å². The second-order valence-corrected chi connectivity index (χ2v) is 17.7. The fourth-order valence-electron chi connectivity index (χ4n) is 11.1. The number of aromatic nitrogens is 2. The number of para-hydroxylation sites is 2. The van der Waals surface area contributed by atoms with E-state index in [9.17, 15) is 0 Å². The van der Waals surface area contributed by atoms with Crippen molar-refractivity contribution < 1.29 is 0 Å². The summed E-state index contributed by atoms with van der Waals surface area (Å²) in [6.07, 6.45) is 0. The van der Waals surface area contributed by atoms with E-state index in [-0.39, 0.29) is 0 Å². The van der Waals surface area contributed by atoms with Crippen LogP contribution in [0.15, 0.2) is 127 Å². The maximum atomic E-state index is 2.61. The highest BCUT2D eigenvalue weighted by atomic mass is 15.0. The molecule has 0 radical (unpaired) electrons. The van der Waals surface area contributed by atoms with Gasteiger partial charge in [0.2, 0.25) is 0 Å². The number of benzene rings is 8. The molecule has 2 aromatic heterocycles. The zero-order valence-electron chi connectivity index (χ0n) is 37.5. The van der Waals surface area contributed by atoms with E-state index >= 15 is 0 Å². The Labute approximate surface area is 369 Å². The number of fused-ring (bicyclic) bond motifs is 6. The highest BCUT2D eigenvalue weighted by molar-refractivity contribution is 6.67. The lowest BCUT2D eigenvalue weighted by atomic mass is 9.62. The first-order valence-electron chi connectivity index (χ1n) is 21.8. The number of hydrogen-bond donors (Lipinski definition) is 0. The molecule has 8 aromatic carbocycles. The Morgan fingerprint density at radius 1 is 0.311 bits per heavy atom. The van der Waals surface area contributed by atoms with Gasteiger partial charge in [-0.2, -0.15) is 0 Å². The summed E-state index contributed by atoms with van der Waals surface area (Å²) < 4.78 is 5.19. The summed E-state index contributed by atoms with van der Waals surface area (Å²) in [4.78, 5) is 0. The zero-order chi connectivity index (χ0) is 42.6. The standard InChI is InChI=1S/C48H43B11N2/c49-24-19-27-33-39(54)35(41(56)43(58)46(33)60(45(27)30(52)20-24)31-17-9-7-15-25(31)22-11-3-1-4-12-22)36-40(55)37-34-28(50)21-29(51)38(53)47(34)61(48(37)44(59)42(36)57)32-18-10-8-16-26(32)23-13-5-2-6-14-23/h1-21H,49-59H2. The lowest BCUT2D eigenvalue weighted by Crippen LogP contribution is -2.42. The van der Waals surface area contributed by atoms with Gasteiger partial charge in [-0.15, -0.1) is 0 Å². The van der Waals surface area contributed by atoms with Crippen molar-refractivity contribution in [1.82, 2.24) is 9.13 Å². The third-order valence-electron chi connectivity index (χ3n) is 14.1. The van der Waals surface area contributed by atoms with E-state index < -0.39 is 0 Å². The molecule has 10 rings (SSSR count). The number of hydrogen-bond acceptors (Lipinski definition) is 0. The third-order valence-corrected chi connectivity index (χ3v) is 14.1. The van der Waals surface area contributed by atoms with Crippen molar-refractivity contribution >= 4 is 190 Å². The molecule has 0 spiro atoms. The van der Waals surface area contributed by atoms with Gasteiger partial charge in [-0.1, -0.05) is 175 Å². The van der Waals surface area contributed by atoms with Crippen molar-refractivity contribution in [2.45, 2.75) is 0 Å². The van der Waals surface area contributed by atoms with Gasteiger partial charge in [0.15, 0.2) is 0 Å². The van der Waals surface area contributed by atoms with Gasteiger partial charge in [0.1, 0.15) is 86.3 Å². The Morgan fingerprint density at radius 2 is 0.754 bits per heavy atom. The quantitative estimate of drug-likeness (QED) is 0.155. The Balaban J connectivity index is 1.35. The Morgan fingerprint density at radius 3 is 1.30 bits per heavy atom. The molecule has 0 aliphatic rings. The normalized spacial score (nSPS) is 11.7. The van der Waals surface area contributed by atoms with E-state index in [4.69, 9.17) is 0 Å². The van der Waals surface area contributed by atoms with Crippen LogP contribution in [0.2, 0.25) is 0 Å². The molecule has 0 unspecified atom stereocenters. The first-order valence-corrected chi connectivity index (χ1v) is 21.8. The smallest absolute Gasteiger partial charge is 0.142 e. The predicted octanol–water partition coefficient (Wildman–Crippen LogP) is -6.28. The molecule has 0 bridgehead atoms. The zero-order valence-corrected chi connectivity index (χ0v) is 37.5. The van der Waals surface area contributed by atoms with Crippen molar-refractivity contribution in [3.63, 3.8) is 0 Å². The van der Waals surface area contributed by atoms with Crippen LogP contribution in [-0.2, 0) is 0 Å². The van der Waals surface area contributed by atoms with E-state index in [1.807, 2.05) is 0 Å². The second-order valence-electron chi connectivity index (χ2n) is 17.7. The van der Waals surface area contributed by atoms with Crippen LogP contribution in [0.25, 0.3) is 88.4 Å². The largest absolute Gasteiger partial charge is 0.310 e. The van der Waals surface area contributed by atoms with Crippen molar-refractivity contribution in [2.24, 2.45) is 0 Å². The van der Waals surface area contributed by atoms with Crippen LogP contribution in [-0.4, -0.2) is 95.4 Å². The van der Waals surface area contributed by atoms with Gasteiger partial charge >= 0.3 is 0 Å². The molecule has 2 heterocycles. The second kappa shape index (κ2) is 14.6. The first kappa shape index (κ1) is 39.2. The lowest BCUT2D eigenvalue weighted by Gasteiger charge is -2.24. The van der Waals surface area contributed by atoms with E-state index in [2.05, 4.69) is 223 Å². The summed E-state index contributed by atoms with van der Waals surface area (Å²) in [6, 6.07) is 46.8. The minimum atomic E-state index is 1.21. The number of rotatable bonds is 5. The fourth-order valence-corrected chi connectivity index (χ4v) is 11.1. The Kier molecular flexibility index (Phi) is 9.40. The summed E-state index contributed by atoms with van der Waals surface area (Å²) in [6.45, 7) is 0. The summed E-state index contributed by atoms with van der Waals surface area (Å²) in [5.41, 5.74) is 29.9. The van der Waals surface area contributed by atoms with E-state index in [1.165, 1.54) is 148 Å². The topological polar surface area (TPSA) is 9.86 Å². The average molecular weight is 767 g/mol. The van der Waals surface area contributed by atoms with Crippen LogP contribution < -0.4 is 60.1 Å². The van der Waals surface area contributed by atoms with Crippen molar-refractivity contribution in [1.29, 1.82) is 0 Å². The third kappa shape index (κ3) is 5.72. The Hall–Kier alpha value is -5.93. The molecule has 0 fully saturated rings. The van der Waals surface area contributed by atoms with E-state index in [0.29, 0.717) is 0 Å². The molecule has 13 heteroatoms. The molecule has 0 aliphatic heterocycles. The molecular weight excluding hydrogens is 723 g/mol. The lowest BCUT2D eigenvalue weighted by molar-refractivity contribution is 1.19. The fraction of sp³-hybridized carbons (Fsp3) is 0. The molecule has 61 heavy (non-hydrogen) atoms. The SMILES string of the molecule is Bc1cc(B)c2c(c1)c1c(B)c(-c3c(B)c(B)c4c(c3B)c3c(B)cc(B)c(B)c3n4-c3ccccc3-c3ccccc3)c(B)c(B)c1n2-c1ccccc1-c1ccccc1. The summed E-state index contributed by atoms with van der Waals surface area (Å²) >= 11 is 0. The van der Waals surface area contributed by atoms with Crippen LogP contribution in [0.1, 0.15) is 0 Å². The minimum absolute atomic E-state index is 1.21. The highest BCUT2D eigenvalue weighted by Gasteiger charge is 2.28. The highest BCUT2D eigenvalue weighted by Crippen LogP contribution is 2.37. The van der Waals surface area contributed by atoms with Crippen molar-refractivity contribution in [3.8, 4) is 44.8 Å². The average Bonchev–Trinajstić information content (AvgIpc) is 3.81. The summed E-state index contributed by atoms with van der Waals surface area (Å²) in [5.74, 6) is 0. The van der Waals surface area contributed by atoms with Gasteiger partial charge in [-0.3, -0.25) is 0 Å². The summed E-state index contributed by atoms with van der Waals surface area (Å²) in [7, 11) is 25.7. The summed E-state index contributed by atoms with van der Waals surface area (Å²) in [5, 5.41) is 5.39. The molecule has 278 valence electrons. The van der Waals surface area contributed by atoms with E-state index in [1.54, 1.807) is 0 Å². The molecule has 0 atom stereocenters. The van der Waals surface area contributed by atoms with Gasteiger partial charge in [0, 0.05) is 54.7 Å². The molecule has 0 saturated carbocycles. The van der Waals surface area contributed by atoms with Gasteiger partial charge in [0.05, 0.1) is 11.4 Å². The molecule has 10 aromatic rings. The maximum Gasteiger partial charge on any atom is 0.142 e. The maximum absolute atomic E-state index is 2.61. The molecule has 0 saturated heterocycles. The minimum Gasteiger partial charge on any atom is -0.310 e. The van der Waals surface area contributed by atoms with Gasteiger partial charge < -0.3 is 9.13 Å². The Bertz CT molecular complexity index is 3480.